The highest BCUT2D eigenvalue weighted by Gasteiger charge is 2.60. The largest absolute Gasteiger partial charge is 0.477 e. The number of carbonyl (C=O) groups excluding carboxylic acids is 2. The van der Waals surface area contributed by atoms with Crippen molar-refractivity contribution in [1.82, 2.24) is 4.90 Å². The lowest BCUT2D eigenvalue weighted by Gasteiger charge is -2.46. The number of hydrogen-bond acceptors (Lipinski definition) is 5. The van der Waals surface area contributed by atoms with Gasteiger partial charge >= 0.3 is 5.97 Å². The summed E-state index contributed by atoms with van der Waals surface area (Å²) in [6.45, 7) is 4.16. The van der Waals surface area contributed by atoms with E-state index in [1.807, 2.05) is 21.0 Å². The van der Waals surface area contributed by atoms with E-state index in [9.17, 15) is 24.6 Å². The number of thioether (sulfide) groups is 1. The molecule has 0 aromatic carbocycles. The Morgan fingerprint density at radius 2 is 2.00 bits per heavy atom. The van der Waals surface area contributed by atoms with Crippen molar-refractivity contribution in [1.29, 1.82) is 0 Å². The maximum absolute atomic E-state index is 12.4. The van der Waals surface area contributed by atoms with Gasteiger partial charge in [-0.3, -0.25) is 9.59 Å². The molecule has 8 nitrogen and oxygen atoms in total. The number of carboxylic acid groups (broad SMARTS) is 1. The number of carboxylic acids is 1. The summed E-state index contributed by atoms with van der Waals surface area (Å²) in [4.78, 5) is 37.9. The van der Waals surface area contributed by atoms with Crippen LogP contribution >= 0.6 is 11.8 Å². The first-order chi connectivity index (χ1) is 12.0. The van der Waals surface area contributed by atoms with Gasteiger partial charge in [0.15, 0.2) is 6.04 Å². The van der Waals surface area contributed by atoms with Crippen molar-refractivity contribution in [2.45, 2.75) is 43.7 Å². The molecule has 0 aliphatic carbocycles. The molecule has 3 rings (SSSR count). The molecule has 3 aliphatic rings. The number of nitrogens with two attached hydrogens (primary N) is 1. The van der Waals surface area contributed by atoms with Crippen molar-refractivity contribution in [3.8, 4) is 0 Å². The van der Waals surface area contributed by atoms with E-state index in [0.717, 1.165) is 0 Å². The number of hydrogen-bond donors (Lipinski definition) is 3. The van der Waals surface area contributed by atoms with E-state index in [-0.39, 0.29) is 40.8 Å². The zero-order chi connectivity index (χ0) is 19.5. The van der Waals surface area contributed by atoms with Crippen LogP contribution in [-0.2, 0) is 14.4 Å². The van der Waals surface area contributed by atoms with Crippen molar-refractivity contribution < 1.29 is 29.1 Å². The normalized spacial score (nSPS) is 36.7. The minimum absolute atomic E-state index is 0.0298. The summed E-state index contributed by atoms with van der Waals surface area (Å²) in [6.07, 6.45) is -0.235. The lowest BCUT2D eigenvalue weighted by molar-refractivity contribution is -0.892. The van der Waals surface area contributed by atoms with E-state index in [2.05, 4.69) is 0 Å². The SMILES string of the molecule is CC(O)C1C(=O)N2C(C(=O)O)=C(SC3CC(C(N)=O)[N+](C)(C)C3)C(C)[C@@H]12. The first kappa shape index (κ1) is 19.2. The Balaban J connectivity index is 1.87. The Bertz CT molecular complexity index is 705. The van der Waals surface area contributed by atoms with Crippen molar-refractivity contribution in [3.63, 3.8) is 0 Å². The summed E-state index contributed by atoms with van der Waals surface area (Å²) in [5, 5.41) is 19.6. The van der Waals surface area contributed by atoms with Gasteiger partial charge in [0, 0.05) is 17.2 Å². The Labute approximate surface area is 156 Å². The summed E-state index contributed by atoms with van der Waals surface area (Å²) < 4.78 is 0.472. The molecule has 3 heterocycles. The molecule has 26 heavy (non-hydrogen) atoms. The Hall–Kier alpha value is -1.58. The molecule has 5 unspecified atom stereocenters. The lowest BCUT2D eigenvalue weighted by atomic mass is 9.79. The van der Waals surface area contributed by atoms with Crippen LogP contribution in [-0.4, -0.2) is 81.5 Å². The molecule has 0 aromatic heterocycles. The molecule has 0 radical (unpaired) electrons. The number of β-lactam (4-membered cyclic amide) rings is 1. The fraction of sp³-hybridized carbons (Fsp3) is 0.706. The van der Waals surface area contributed by atoms with Gasteiger partial charge in [0.25, 0.3) is 5.91 Å². The minimum atomic E-state index is -1.13. The highest BCUT2D eigenvalue weighted by Crippen LogP contribution is 2.52. The predicted molar refractivity (Wildman–Crippen MR) is 95.6 cm³/mol. The minimum Gasteiger partial charge on any atom is -0.477 e. The standard InChI is InChI=1S/C17H25N3O5S/c1-7-12-11(8(2)21)16(23)19(12)13(17(24)25)14(7)26-9-5-10(15(18)22)20(3,4)6-9/h7-12,21H,5-6H2,1-4H3,(H2-,18,22,24,25)/p+1/t7?,8?,9?,10?,11?,12-/m0/s1. The monoisotopic (exact) mass is 384 g/mol. The average molecular weight is 384 g/mol. The maximum Gasteiger partial charge on any atom is 0.353 e. The number of likely N-dealkylation sites (N-methyl/N-ethyl adjacent to an activating group) is 1. The van der Waals surface area contributed by atoms with Crippen LogP contribution in [0.15, 0.2) is 10.6 Å². The van der Waals surface area contributed by atoms with Crippen LogP contribution in [0.2, 0.25) is 0 Å². The second kappa shape index (κ2) is 6.24. The van der Waals surface area contributed by atoms with Crippen LogP contribution < -0.4 is 5.73 Å². The van der Waals surface area contributed by atoms with E-state index in [1.165, 1.54) is 16.7 Å². The van der Waals surface area contributed by atoms with Crippen LogP contribution in [0.5, 0.6) is 0 Å². The number of quaternary nitrogens is 1. The summed E-state index contributed by atoms with van der Waals surface area (Å²) in [5.74, 6) is -2.53. The molecule has 0 bridgehead atoms. The quantitative estimate of drug-likeness (QED) is 0.437. The van der Waals surface area contributed by atoms with Crippen molar-refractivity contribution in [2.24, 2.45) is 17.6 Å². The zero-order valence-electron chi connectivity index (χ0n) is 15.4. The van der Waals surface area contributed by atoms with Gasteiger partial charge < -0.3 is 25.3 Å². The summed E-state index contributed by atoms with van der Waals surface area (Å²) in [5.41, 5.74) is 5.55. The van der Waals surface area contributed by atoms with Gasteiger partial charge in [-0.2, -0.15) is 0 Å². The molecule has 9 heteroatoms. The number of amides is 2. The van der Waals surface area contributed by atoms with Crippen LogP contribution in [0.25, 0.3) is 0 Å². The number of primary amides is 1. The third kappa shape index (κ3) is 2.73. The van der Waals surface area contributed by atoms with Gasteiger partial charge in [-0.05, 0) is 6.92 Å². The van der Waals surface area contributed by atoms with Gasteiger partial charge in [0.05, 0.1) is 44.0 Å². The molecule has 2 fully saturated rings. The van der Waals surface area contributed by atoms with E-state index in [1.54, 1.807) is 6.92 Å². The molecule has 0 saturated carbocycles. The molecule has 0 spiro atoms. The van der Waals surface area contributed by atoms with Gasteiger partial charge in [-0.1, -0.05) is 6.92 Å². The average Bonchev–Trinajstić information content (AvgIpc) is 2.92. The van der Waals surface area contributed by atoms with Crippen molar-refractivity contribution in [3.05, 3.63) is 10.6 Å². The summed E-state index contributed by atoms with van der Waals surface area (Å²) in [6, 6.07) is -0.617. The highest BCUT2D eigenvalue weighted by atomic mass is 32.2. The smallest absolute Gasteiger partial charge is 0.353 e. The van der Waals surface area contributed by atoms with Crippen LogP contribution in [0.4, 0.5) is 0 Å². The number of aliphatic hydroxyl groups is 1. The van der Waals surface area contributed by atoms with E-state index in [4.69, 9.17) is 5.73 Å². The number of nitrogens with zero attached hydrogens (tertiary/aromatic N) is 2. The topological polar surface area (TPSA) is 121 Å². The Morgan fingerprint density at radius 3 is 2.46 bits per heavy atom. The first-order valence-electron chi connectivity index (χ1n) is 8.74. The van der Waals surface area contributed by atoms with Gasteiger partial charge in [-0.15, -0.1) is 11.8 Å². The molecule has 3 aliphatic heterocycles. The highest BCUT2D eigenvalue weighted by molar-refractivity contribution is 8.03. The lowest BCUT2D eigenvalue weighted by Crippen LogP contribution is -2.63. The van der Waals surface area contributed by atoms with E-state index >= 15 is 0 Å². The summed E-state index contributed by atoms with van der Waals surface area (Å²) in [7, 11) is 3.89. The summed E-state index contributed by atoms with van der Waals surface area (Å²) >= 11 is 1.45. The number of aliphatic hydroxyl groups excluding tert-OH is 1. The van der Waals surface area contributed by atoms with Gasteiger partial charge in [-0.25, -0.2) is 4.79 Å². The molecule has 2 amide bonds. The molecule has 4 N–H and O–H groups in total. The van der Waals surface area contributed by atoms with E-state index in [0.29, 0.717) is 22.4 Å². The molecule has 2 saturated heterocycles. The predicted octanol–water partition coefficient (Wildman–Crippen LogP) is -0.424. The third-order valence-corrected chi connectivity index (χ3v) is 7.43. The fourth-order valence-corrected chi connectivity index (χ4v) is 6.41. The number of aliphatic carboxylic acids is 1. The van der Waals surface area contributed by atoms with Crippen LogP contribution in [0.3, 0.4) is 0 Å². The van der Waals surface area contributed by atoms with Crippen molar-refractivity contribution >= 4 is 29.5 Å². The molecular weight excluding hydrogens is 358 g/mol. The number of likely N-dealkylation sites (tertiary alicyclic amines) is 1. The van der Waals surface area contributed by atoms with Gasteiger partial charge in [0.2, 0.25) is 5.91 Å². The van der Waals surface area contributed by atoms with Crippen molar-refractivity contribution in [2.75, 3.05) is 20.6 Å². The van der Waals surface area contributed by atoms with Crippen LogP contribution in [0.1, 0.15) is 20.3 Å². The number of carbonyl (C=O) groups is 3. The third-order valence-electron chi connectivity index (χ3n) is 5.94. The van der Waals surface area contributed by atoms with Crippen LogP contribution in [0, 0.1) is 11.8 Å². The number of fused-ring (bicyclic) bond motifs is 1. The fourth-order valence-electron chi connectivity index (χ4n) is 4.67. The second-order valence-corrected chi connectivity index (χ2v) is 9.47. The maximum atomic E-state index is 12.4. The Kier molecular flexibility index (Phi) is 4.61. The number of rotatable bonds is 5. The molecular formula is C17H26N3O5S+. The van der Waals surface area contributed by atoms with Gasteiger partial charge in [0.1, 0.15) is 5.70 Å². The first-order valence-corrected chi connectivity index (χ1v) is 9.62. The second-order valence-electron chi connectivity index (χ2n) is 8.13. The molecule has 0 aromatic rings. The molecule has 144 valence electrons. The molecule has 6 atom stereocenters. The Morgan fingerprint density at radius 1 is 1.38 bits per heavy atom. The zero-order valence-corrected chi connectivity index (χ0v) is 16.2. The van der Waals surface area contributed by atoms with E-state index < -0.39 is 18.0 Å².